The largest absolute Gasteiger partial charge is 0.387 e. The Kier molecular flexibility index (Phi) is 6.54. The number of ether oxygens (including phenoxy) is 1. The molecule has 1 aliphatic rings. The van der Waals surface area contributed by atoms with E-state index in [1.807, 2.05) is 0 Å². The van der Waals surface area contributed by atoms with E-state index >= 15 is 0 Å². The monoisotopic (exact) mass is 299 g/mol. The summed E-state index contributed by atoms with van der Waals surface area (Å²) in [4.78, 5) is 0. The summed E-state index contributed by atoms with van der Waals surface area (Å²) in [5.74, 6) is -1.36. The Bertz CT molecular complexity index is 436. The fourth-order valence-electron chi connectivity index (χ4n) is 2.65. The van der Waals surface area contributed by atoms with Crippen LogP contribution in [0.2, 0.25) is 0 Å². The van der Waals surface area contributed by atoms with Crippen LogP contribution in [0.25, 0.3) is 0 Å². The molecule has 0 bridgehead atoms. The van der Waals surface area contributed by atoms with Gasteiger partial charge in [0.2, 0.25) is 0 Å². The van der Waals surface area contributed by atoms with E-state index < -0.39 is 17.7 Å². The van der Waals surface area contributed by atoms with E-state index in [1.165, 1.54) is 25.3 Å². The highest BCUT2D eigenvalue weighted by Crippen LogP contribution is 2.20. The first-order valence-electron chi connectivity index (χ1n) is 7.62. The third-order valence-electron chi connectivity index (χ3n) is 3.84. The van der Waals surface area contributed by atoms with Crippen molar-refractivity contribution >= 4 is 0 Å². The molecule has 1 aromatic carbocycles. The minimum atomic E-state index is -0.986. The summed E-state index contributed by atoms with van der Waals surface area (Å²) in [5.41, 5.74) is 0.108. The fourth-order valence-corrected chi connectivity index (χ4v) is 2.65. The topological polar surface area (TPSA) is 41.5 Å². The lowest BCUT2D eigenvalue weighted by Gasteiger charge is -2.22. The molecule has 0 radical (unpaired) electrons. The van der Waals surface area contributed by atoms with Gasteiger partial charge in [-0.05, 0) is 18.9 Å². The summed E-state index contributed by atoms with van der Waals surface area (Å²) < 4.78 is 32.0. The molecule has 0 saturated heterocycles. The van der Waals surface area contributed by atoms with Crippen molar-refractivity contribution in [2.24, 2.45) is 0 Å². The number of nitrogens with one attached hydrogen (secondary N) is 1. The highest BCUT2D eigenvalue weighted by Gasteiger charge is 2.14. The SMILES string of the molecule is OC(CNCCOC1CCCCC1)c1ccc(F)cc1F. The van der Waals surface area contributed by atoms with Gasteiger partial charge in [-0.1, -0.05) is 25.3 Å². The van der Waals surface area contributed by atoms with Gasteiger partial charge >= 0.3 is 0 Å². The van der Waals surface area contributed by atoms with Crippen LogP contribution < -0.4 is 5.32 Å². The molecule has 1 saturated carbocycles. The second-order valence-electron chi connectivity index (χ2n) is 5.52. The Morgan fingerprint density at radius 2 is 2.00 bits per heavy atom. The van der Waals surface area contributed by atoms with Gasteiger partial charge in [0.05, 0.1) is 18.8 Å². The van der Waals surface area contributed by atoms with E-state index in [0.717, 1.165) is 25.0 Å². The molecule has 1 fully saturated rings. The van der Waals surface area contributed by atoms with Crippen LogP contribution in [0.4, 0.5) is 8.78 Å². The van der Waals surface area contributed by atoms with E-state index in [0.29, 0.717) is 19.3 Å². The zero-order chi connectivity index (χ0) is 15.1. The predicted octanol–water partition coefficient (Wildman–Crippen LogP) is 2.94. The van der Waals surface area contributed by atoms with Crippen LogP contribution >= 0.6 is 0 Å². The average Bonchev–Trinajstić information content (AvgIpc) is 2.47. The van der Waals surface area contributed by atoms with Gasteiger partial charge in [0.15, 0.2) is 0 Å². The molecule has 0 aliphatic heterocycles. The Labute approximate surface area is 124 Å². The van der Waals surface area contributed by atoms with Gasteiger partial charge in [-0.2, -0.15) is 0 Å². The highest BCUT2D eigenvalue weighted by atomic mass is 19.1. The second kappa shape index (κ2) is 8.41. The molecular weight excluding hydrogens is 276 g/mol. The molecule has 1 atom stereocenters. The molecule has 2 rings (SSSR count). The summed E-state index contributed by atoms with van der Waals surface area (Å²) >= 11 is 0. The first-order valence-corrected chi connectivity index (χ1v) is 7.62. The Balaban J connectivity index is 1.63. The minimum Gasteiger partial charge on any atom is -0.387 e. The number of halogens is 2. The Morgan fingerprint density at radius 3 is 2.71 bits per heavy atom. The summed E-state index contributed by atoms with van der Waals surface area (Å²) in [6, 6.07) is 3.20. The van der Waals surface area contributed by atoms with Crippen LogP contribution in [0, 0.1) is 11.6 Å². The smallest absolute Gasteiger partial charge is 0.131 e. The van der Waals surface area contributed by atoms with E-state index in [-0.39, 0.29) is 12.1 Å². The molecule has 118 valence electrons. The molecule has 1 unspecified atom stereocenters. The van der Waals surface area contributed by atoms with Gasteiger partial charge in [0.25, 0.3) is 0 Å². The predicted molar refractivity (Wildman–Crippen MR) is 77.0 cm³/mol. The molecule has 1 aromatic rings. The number of rotatable bonds is 7. The van der Waals surface area contributed by atoms with Crippen molar-refractivity contribution in [1.82, 2.24) is 5.32 Å². The van der Waals surface area contributed by atoms with Crippen LogP contribution in [0.5, 0.6) is 0 Å². The van der Waals surface area contributed by atoms with E-state index in [2.05, 4.69) is 5.32 Å². The van der Waals surface area contributed by atoms with Crippen LogP contribution in [-0.2, 0) is 4.74 Å². The van der Waals surface area contributed by atoms with Gasteiger partial charge in [-0.25, -0.2) is 8.78 Å². The van der Waals surface area contributed by atoms with Gasteiger partial charge in [0.1, 0.15) is 11.6 Å². The molecule has 0 spiro atoms. The van der Waals surface area contributed by atoms with Gasteiger partial charge in [-0.15, -0.1) is 0 Å². The van der Waals surface area contributed by atoms with Crippen molar-refractivity contribution < 1.29 is 18.6 Å². The Hall–Kier alpha value is -1.04. The van der Waals surface area contributed by atoms with Gasteiger partial charge < -0.3 is 15.2 Å². The van der Waals surface area contributed by atoms with Crippen molar-refractivity contribution in [1.29, 1.82) is 0 Å². The maximum Gasteiger partial charge on any atom is 0.131 e. The molecular formula is C16H23F2NO2. The van der Waals surface area contributed by atoms with Crippen molar-refractivity contribution in [2.45, 2.75) is 44.3 Å². The molecule has 0 amide bonds. The quantitative estimate of drug-likeness (QED) is 0.761. The van der Waals surface area contributed by atoms with E-state index in [1.54, 1.807) is 0 Å². The van der Waals surface area contributed by atoms with Crippen LogP contribution in [0.3, 0.4) is 0 Å². The highest BCUT2D eigenvalue weighted by molar-refractivity contribution is 5.21. The lowest BCUT2D eigenvalue weighted by atomic mass is 9.98. The maximum atomic E-state index is 13.5. The summed E-state index contributed by atoms with van der Waals surface area (Å²) in [7, 11) is 0. The number of aliphatic hydroxyl groups excluding tert-OH is 1. The standard InChI is InChI=1S/C16H23F2NO2/c17-12-6-7-14(15(18)10-12)16(20)11-19-8-9-21-13-4-2-1-3-5-13/h6-7,10,13,16,19-20H,1-5,8-9,11H2. The van der Waals surface area contributed by atoms with Crippen molar-refractivity contribution in [3.05, 3.63) is 35.4 Å². The number of aliphatic hydroxyl groups is 1. The maximum absolute atomic E-state index is 13.5. The fraction of sp³-hybridized carbons (Fsp3) is 0.625. The second-order valence-corrected chi connectivity index (χ2v) is 5.52. The van der Waals surface area contributed by atoms with Crippen molar-refractivity contribution in [2.75, 3.05) is 19.7 Å². The molecule has 5 heteroatoms. The van der Waals surface area contributed by atoms with Crippen LogP contribution in [0.15, 0.2) is 18.2 Å². The van der Waals surface area contributed by atoms with E-state index in [4.69, 9.17) is 4.74 Å². The zero-order valence-corrected chi connectivity index (χ0v) is 12.2. The summed E-state index contributed by atoms with van der Waals surface area (Å²) in [6.07, 6.45) is 5.40. The molecule has 3 nitrogen and oxygen atoms in total. The van der Waals surface area contributed by atoms with Gasteiger partial charge in [-0.3, -0.25) is 0 Å². The number of hydrogen-bond acceptors (Lipinski definition) is 3. The first-order chi connectivity index (χ1) is 10.2. The third kappa shape index (κ3) is 5.34. The third-order valence-corrected chi connectivity index (χ3v) is 3.84. The van der Waals surface area contributed by atoms with Crippen molar-refractivity contribution in [3.8, 4) is 0 Å². The summed E-state index contributed by atoms with van der Waals surface area (Å²) in [6.45, 7) is 1.41. The number of benzene rings is 1. The van der Waals surface area contributed by atoms with E-state index in [9.17, 15) is 13.9 Å². The lowest BCUT2D eigenvalue weighted by molar-refractivity contribution is 0.0291. The minimum absolute atomic E-state index is 0.108. The molecule has 0 aromatic heterocycles. The lowest BCUT2D eigenvalue weighted by Crippen LogP contribution is -2.28. The Morgan fingerprint density at radius 1 is 1.24 bits per heavy atom. The van der Waals surface area contributed by atoms with Crippen LogP contribution in [-0.4, -0.2) is 30.9 Å². The zero-order valence-electron chi connectivity index (χ0n) is 12.2. The average molecular weight is 299 g/mol. The van der Waals surface area contributed by atoms with Crippen molar-refractivity contribution in [3.63, 3.8) is 0 Å². The summed E-state index contributed by atoms with van der Waals surface area (Å²) in [5, 5.41) is 12.9. The normalized spacial score (nSPS) is 17.9. The molecule has 1 aliphatic carbocycles. The molecule has 0 heterocycles. The van der Waals surface area contributed by atoms with Gasteiger partial charge in [0, 0.05) is 24.7 Å². The molecule has 2 N–H and O–H groups in total. The number of hydrogen-bond donors (Lipinski definition) is 2. The van der Waals surface area contributed by atoms with Crippen LogP contribution in [0.1, 0.15) is 43.8 Å². The first kappa shape index (κ1) is 16.3. The molecule has 21 heavy (non-hydrogen) atoms.